The Hall–Kier alpha value is -2.66. The van der Waals surface area contributed by atoms with Crippen molar-refractivity contribution in [3.8, 4) is 5.75 Å². The minimum absolute atomic E-state index is 0.0420. The van der Waals surface area contributed by atoms with Gasteiger partial charge in [-0.05, 0) is 49.3 Å². The number of carbonyl (C=O) groups is 1. The number of anilines is 1. The summed E-state index contributed by atoms with van der Waals surface area (Å²) in [6, 6.07) is 6.77. The first-order valence-electron chi connectivity index (χ1n) is 8.10. The molecule has 6 heteroatoms. The highest BCUT2D eigenvalue weighted by Crippen LogP contribution is 2.23. The molecule has 0 spiro atoms. The van der Waals surface area contributed by atoms with Crippen LogP contribution < -0.4 is 10.5 Å². The summed E-state index contributed by atoms with van der Waals surface area (Å²) in [5.74, 6) is 1.20. The monoisotopic (exact) mass is 357 g/mol. The molecule has 0 aliphatic heterocycles. The number of allylic oxidation sites excluding steroid dienone is 3. The fourth-order valence-corrected chi connectivity index (χ4v) is 2.43. The van der Waals surface area contributed by atoms with Crippen LogP contribution in [0.25, 0.3) is 0 Å². The predicted octanol–water partition coefficient (Wildman–Crippen LogP) is 4.58. The number of carbonyl (C=O) groups excluding carboxylic acids is 1. The molecule has 0 amide bonds. The number of nitrogen functional groups attached to an aromatic ring is 1. The van der Waals surface area contributed by atoms with Crippen LogP contribution in [0.15, 0.2) is 54.6 Å². The molecule has 1 aliphatic carbocycles. The van der Waals surface area contributed by atoms with Crippen molar-refractivity contribution in [1.82, 2.24) is 9.97 Å². The van der Waals surface area contributed by atoms with Crippen molar-refractivity contribution in [2.24, 2.45) is 0 Å². The first kappa shape index (κ1) is 18.7. The lowest BCUT2D eigenvalue weighted by molar-refractivity contribution is 0.103. The second-order valence-electron chi connectivity index (χ2n) is 4.97. The molecule has 1 heterocycles. The molecule has 5 nitrogen and oxygen atoms in total. The second kappa shape index (κ2) is 8.99. The molecule has 0 radical (unpaired) electrons. The van der Waals surface area contributed by atoms with Gasteiger partial charge < -0.3 is 10.5 Å². The van der Waals surface area contributed by atoms with E-state index in [1.807, 2.05) is 26.0 Å². The van der Waals surface area contributed by atoms with Crippen molar-refractivity contribution in [3.63, 3.8) is 0 Å². The number of halogens is 1. The van der Waals surface area contributed by atoms with Gasteiger partial charge in [-0.1, -0.05) is 31.5 Å². The first-order chi connectivity index (χ1) is 12.1. The SMILES string of the molecule is CC.Nc1ncnc(Cl)c1C(=O)c1ccc(OC2=CCCC=C2)cc1. The van der Waals surface area contributed by atoms with Gasteiger partial charge in [0.15, 0.2) is 5.78 Å². The van der Waals surface area contributed by atoms with E-state index in [0.29, 0.717) is 11.3 Å². The van der Waals surface area contributed by atoms with Gasteiger partial charge >= 0.3 is 0 Å². The molecular weight excluding hydrogens is 338 g/mol. The molecule has 0 atom stereocenters. The lowest BCUT2D eigenvalue weighted by Crippen LogP contribution is -2.09. The van der Waals surface area contributed by atoms with Gasteiger partial charge in [0.25, 0.3) is 0 Å². The Kier molecular flexibility index (Phi) is 6.71. The average Bonchev–Trinajstić information content (AvgIpc) is 2.64. The van der Waals surface area contributed by atoms with E-state index in [4.69, 9.17) is 22.1 Å². The maximum Gasteiger partial charge on any atom is 0.199 e. The van der Waals surface area contributed by atoms with Crippen LogP contribution in [-0.2, 0) is 0 Å². The number of hydrogen-bond acceptors (Lipinski definition) is 5. The third-order valence-electron chi connectivity index (χ3n) is 3.37. The maximum absolute atomic E-state index is 12.5. The zero-order valence-electron chi connectivity index (χ0n) is 14.2. The van der Waals surface area contributed by atoms with Crippen LogP contribution >= 0.6 is 11.6 Å². The van der Waals surface area contributed by atoms with Crippen LogP contribution in [0.3, 0.4) is 0 Å². The Labute approximate surface area is 152 Å². The number of benzene rings is 1. The van der Waals surface area contributed by atoms with E-state index in [-0.39, 0.29) is 22.3 Å². The smallest absolute Gasteiger partial charge is 0.199 e. The minimum atomic E-state index is -0.323. The Balaban J connectivity index is 0.00000109. The van der Waals surface area contributed by atoms with E-state index in [0.717, 1.165) is 18.6 Å². The van der Waals surface area contributed by atoms with Crippen molar-refractivity contribution in [3.05, 3.63) is 70.9 Å². The van der Waals surface area contributed by atoms with Crippen LogP contribution in [0.5, 0.6) is 5.75 Å². The van der Waals surface area contributed by atoms with E-state index >= 15 is 0 Å². The minimum Gasteiger partial charge on any atom is -0.458 e. The Morgan fingerprint density at radius 3 is 2.48 bits per heavy atom. The van der Waals surface area contributed by atoms with Gasteiger partial charge in [0.2, 0.25) is 0 Å². The molecule has 0 fully saturated rings. The summed E-state index contributed by atoms with van der Waals surface area (Å²) < 4.78 is 5.73. The number of ether oxygens (including phenoxy) is 1. The molecule has 0 bridgehead atoms. The molecule has 130 valence electrons. The highest BCUT2D eigenvalue weighted by Gasteiger charge is 2.18. The lowest BCUT2D eigenvalue weighted by atomic mass is 10.1. The highest BCUT2D eigenvalue weighted by molar-refractivity contribution is 6.34. The maximum atomic E-state index is 12.5. The van der Waals surface area contributed by atoms with E-state index < -0.39 is 0 Å². The van der Waals surface area contributed by atoms with Gasteiger partial charge in [-0.2, -0.15) is 0 Å². The molecule has 2 aromatic rings. The van der Waals surface area contributed by atoms with Crippen LogP contribution in [0.4, 0.5) is 5.82 Å². The van der Waals surface area contributed by atoms with Gasteiger partial charge in [-0.25, -0.2) is 9.97 Å². The molecule has 1 aromatic heterocycles. The summed E-state index contributed by atoms with van der Waals surface area (Å²) in [5, 5.41) is 0.0420. The standard InChI is InChI=1S/C17H14ClN3O2.C2H6/c18-16-14(17(19)21-10-20-16)15(22)11-6-8-13(9-7-11)23-12-4-2-1-3-5-12;1-2/h2,4-10H,1,3H2,(H2,19,20,21);1-2H3. The summed E-state index contributed by atoms with van der Waals surface area (Å²) in [5.41, 5.74) is 6.27. The summed E-state index contributed by atoms with van der Waals surface area (Å²) in [6.07, 6.45) is 9.24. The fourth-order valence-electron chi connectivity index (χ4n) is 2.21. The molecule has 0 saturated carbocycles. The van der Waals surface area contributed by atoms with E-state index in [9.17, 15) is 4.79 Å². The van der Waals surface area contributed by atoms with Gasteiger partial charge in [-0.3, -0.25) is 4.79 Å². The third kappa shape index (κ3) is 4.67. The molecule has 25 heavy (non-hydrogen) atoms. The van der Waals surface area contributed by atoms with Crippen LogP contribution in [-0.4, -0.2) is 15.8 Å². The van der Waals surface area contributed by atoms with Crippen LogP contribution in [0.2, 0.25) is 5.15 Å². The zero-order chi connectivity index (χ0) is 18.2. The van der Waals surface area contributed by atoms with Gasteiger partial charge in [-0.15, -0.1) is 0 Å². The van der Waals surface area contributed by atoms with Gasteiger partial charge in [0, 0.05) is 5.56 Å². The Bertz CT molecular complexity index is 779. The normalized spacial score (nSPS) is 12.7. The molecular formula is C19H20ClN3O2. The third-order valence-corrected chi connectivity index (χ3v) is 3.66. The highest BCUT2D eigenvalue weighted by atomic mass is 35.5. The van der Waals surface area contributed by atoms with Gasteiger partial charge in [0.05, 0.1) is 0 Å². The van der Waals surface area contributed by atoms with Crippen molar-refractivity contribution < 1.29 is 9.53 Å². The number of nitrogens with zero attached hydrogens (tertiary/aromatic N) is 2. The summed E-state index contributed by atoms with van der Waals surface area (Å²) in [6.45, 7) is 4.00. The second-order valence-corrected chi connectivity index (χ2v) is 5.32. The number of nitrogens with two attached hydrogens (primary N) is 1. The summed E-state index contributed by atoms with van der Waals surface area (Å²) in [7, 11) is 0. The van der Waals surface area contributed by atoms with Crippen molar-refractivity contribution in [2.45, 2.75) is 26.7 Å². The molecule has 1 aromatic carbocycles. The number of rotatable bonds is 4. The van der Waals surface area contributed by atoms with Crippen LogP contribution in [0.1, 0.15) is 42.6 Å². The molecule has 0 saturated heterocycles. The quantitative estimate of drug-likeness (QED) is 0.640. The van der Waals surface area contributed by atoms with E-state index in [1.54, 1.807) is 24.3 Å². The topological polar surface area (TPSA) is 78.1 Å². The molecule has 2 N–H and O–H groups in total. The molecule has 0 unspecified atom stereocenters. The van der Waals surface area contributed by atoms with E-state index in [2.05, 4.69) is 16.0 Å². The van der Waals surface area contributed by atoms with Crippen LogP contribution in [0, 0.1) is 0 Å². The lowest BCUT2D eigenvalue weighted by Gasteiger charge is -2.10. The number of hydrogen-bond donors (Lipinski definition) is 1. The Morgan fingerprint density at radius 2 is 1.88 bits per heavy atom. The first-order valence-corrected chi connectivity index (χ1v) is 8.48. The van der Waals surface area contributed by atoms with Crippen molar-refractivity contribution >= 4 is 23.2 Å². The molecule has 3 rings (SSSR count). The largest absolute Gasteiger partial charge is 0.458 e. The van der Waals surface area contributed by atoms with E-state index in [1.165, 1.54) is 6.33 Å². The predicted molar refractivity (Wildman–Crippen MR) is 99.8 cm³/mol. The molecule has 1 aliphatic rings. The summed E-state index contributed by atoms with van der Waals surface area (Å²) in [4.78, 5) is 20.1. The average molecular weight is 358 g/mol. The van der Waals surface area contributed by atoms with Crippen molar-refractivity contribution in [1.29, 1.82) is 0 Å². The summed E-state index contributed by atoms with van der Waals surface area (Å²) >= 11 is 5.94. The fraction of sp³-hybridized carbons (Fsp3) is 0.211. The van der Waals surface area contributed by atoms with Crippen molar-refractivity contribution in [2.75, 3.05) is 5.73 Å². The zero-order valence-corrected chi connectivity index (χ0v) is 15.0. The van der Waals surface area contributed by atoms with Gasteiger partial charge in [0.1, 0.15) is 34.4 Å². The number of aromatic nitrogens is 2. The number of ketones is 1. The Morgan fingerprint density at radius 1 is 1.16 bits per heavy atom.